The van der Waals surface area contributed by atoms with Crippen LogP contribution in [-0.2, 0) is 32.9 Å². The van der Waals surface area contributed by atoms with Crippen molar-refractivity contribution in [2.24, 2.45) is 0 Å². The third kappa shape index (κ3) is 11.3. The lowest BCUT2D eigenvalue weighted by Crippen LogP contribution is -2.48. The number of ether oxygens (including phenoxy) is 1. The van der Waals surface area contributed by atoms with E-state index < -0.39 is 20.0 Å². The number of nitrogens with zero attached hydrogens (tertiary/aromatic N) is 6. The molecule has 2 aliphatic heterocycles. The Kier molecular flexibility index (Phi) is 15.3. The molecule has 2 saturated heterocycles. The summed E-state index contributed by atoms with van der Waals surface area (Å²) in [4.78, 5) is 14.0. The lowest BCUT2D eigenvalue weighted by atomic mass is 10.1. The number of methoxy groups -OCH3 is 1. The molecule has 0 bridgehead atoms. The van der Waals surface area contributed by atoms with Gasteiger partial charge in [-0.2, -0.15) is 8.61 Å². The molecule has 0 saturated carbocycles. The number of anilines is 2. The van der Waals surface area contributed by atoms with Crippen LogP contribution in [0.25, 0.3) is 0 Å². The first-order valence-corrected chi connectivity index (χ1v) is 26.2. The zero-order valence-corrected chi connectivity index (χ0v) is 41.3. The summed E-state index contributed by atoms with van der Waals surface area (Å²) in [5, 5.41) is 7.17. The van der Waals surface area contributed by atoms with Gasteiger partial charge in [0.15, 0.2) is 10.3 Å². The summed E-state index contributed by atoms with van der Waals surface area (Å²) in [5.74, 6) is 0.825. The zero-order valence-electron chi connectivity index (χ0n) is 35.0. The van der Waals surface area contributed by atoms with Gasteiger partial charge in [-0.3, -0.25) is 0 Å². The van der Waals surface area contributed by atoms with Crippen LogP contribution < -0.4 is 14.5 Å². The largest absolute Gasteiger partial charge is 0.497 e. The molecule has 8 rings (SSSR count). The highest BCUT2D eigenvalue weighted by molar-refractivity contribution is 7.89. The quantitative estimate of drug-likeness (QED) is 0.125. The van der Waals surface area contributed by atoms with E-state index in [1.54, 1.807) is 49.7 Å². The Labute approximate surface area is 397 Å². The topological polar surface area (TPSA) is 116 Å². The van der Waals surface area contributed by atoms with Gasteiger partial charge in [-0.1, -0.05) is 88.4 Å². The molecule has 0 atom stereocenters. The van der Waals surface area contributed by atoms with Gasteiger partial charge < -0.3 is 14.5 Å². The van der Waals surface area contributed by atoms with Crippen molar-refractivity contribution in [2.75, 3.05) is 69.3 Å². The Morgan fingerprint density at radius 3 is 1.43 bits per heavy atom. The van der Waals surface area contributed by atoms with Gasteiger partial charge in [0.05, 0.1) is 28.5 Å². The van der Waals surface area contributed by atoms with Crippen molar-refractivity contribution in [1.82, 2.24) is 18.6 Å². The van der Waals surface area contributed by atoms with Crippen LogP contribution in [0.5, 0.6) is 5.75 Å². The normalized spacial score (nSPS) is 15.3. The first-order valence-electron chi connectivity index (χ1n) is 20.0. The summed E-state index contributed by atoms with van der Waals surface area (Å²) in [6.07, 6.45) is 1.51. The van der Waals surface area contributed by atoms with Crippen molar-refractivity contribution >= 4 is 99.4 Å². The van der Waals surface area contributed by atoms with Crippen LogP contribution in [0.1, 0.15) is 39.2 Å². The van der Waals surface area contributed by atoms with Crippen molar-refractivity contribution < 1.29 is 21.6 Å². The first-order chi connectivity index (χ1) is 30.0. The van der Waals surface area contributed by atoms with E-state index in [9.17, 15) is 16.8 Å². The lowest BCUT2D eigenvalue weighted by molar-refractivity contribution is 0.384. The van der Waals surface area contributed by atoms with Gasteiger partial charge in [0.25, 0.3) is 0 Å². The minimum Gasteiger partial charge on any atom is -0.497 e. The molecule has 0 spiro atoms. The SMILES string of the molecule is COc1cccc(Cc2csc(N3CCN(S(=O)(=O)c4cc(C)c(Cl)cc4Cl)CC3)n2)c1.Cc1cccc(Cc2csc(N3CCN(S(=O)(=O)c4cc(C)c(Cl)cc4Cl)CC3)n2)c1. The Hall–Kier alpha value is -3.48. The summed E-state index contributed by atoms with van der Waals surface area (Å²) in [6, 6.07) is 22.4. The lowest BCUT2D eigenvalue weighted by Gasteiger charge is -2.34. The predicted octanol–water partition coefficient (Wildman–Crippen LogP) is 10.0. The maximum Gasteiger partial charge on any atom is 0.244 e. The van der Waals surface area contributed by atoms with Crippen LogP contribution >= 0.6 is 69.1 Å². The van der Waals surface area contributed by atoms with Gasteiger partial charge in [0.1, 0.15) is 15.5 Å². The maximum absolute atomic E-state index is 13.1. The zero-order chi connectivity index (χ0) is 45.1. The van der Waals surface area contributed by atoms with E-state index in [0.717, 1.165) is 45.8 Å². The molecule has 2 fully saturated rings. The van der Waals surface area contributed by atoms with Crippen molar-refractivity contribution in [2.45, 2.75) is 43.4 Å². The Morgan fingerprint density at radius 2 is 1.00 bits per heavy atom. The number of aromatic nitrogens is 2. The highest BCUT2D eigenvalue weighted by Gasteiger charge is 2.33. The van der Waals surface area contributed by atoms with Gasteiger partial charge >= 0.3 is 0 Å². The second kappa shape index (κ2) is 20.4. The van der Waals surface area contributed by atoms with E-state index in [-0.39, 0.29) is 19.8 Å². The smallest absolute Gasteiger partial charge is 0.244 e. The van der Waals surface area contributed by atoms with Gasteiger partial charge in [0.2, 0.25) is 20.0 Å². The van der Waals surface area contributed by atoms with Gasteiger partial charge in [-0.25, -0.2) is 26.8 Å². The standard InChI is InChI=1S/C22H23Cl2N3O3S2.C22H23Cl2N3O2S2/c1-15-10-21(20(24)13-19(15)23)32(28,29)27-8-6-26(7-9-27)22-25-17(14-31-22)11-16-4-3-5-18(12-16)30-2;1-15-4-3-5-17(10-15)12-18-14-30-22(25-18)26-6-8-27(9-7-26)31(28,29)21-11-16(2)19(23)13-20(21)24/h3-5,10,12-14H,6-9,11H2,1-2H3;3-5,10-11,13-14H,6-9,12H2,1-2H3. The highest BCUT2D eigenvalue weighted by atomic mass is 35.5. The molecular formula is C44H46Cl4N6O5S4. The fourth-order valence-corrected chi connectivity index (χ4v) is 13.5. The van der Waals surface area contributed by atoms with Crippen LogP contribution in [0.15, 0.2) is 93.3 Å². The Balaban J connectivity index is 0.000000189. The molecule has 0 amide bonds. The molecule has 0 aliphatic carbocycles. The third-order valence-corrected chi connectivity index (χ3v) is 18.2. The highest BCUT2D eigenvalue weighted by Crippen LogP contribution is 2.34. The molecular weight excluding hydrogens is 963 g/mol. The van der Waals surface area contributed by atoms with Crippen LogP contribution in [0.2, 0.25) is 20.1 Å². The second-order valence-corrected chi connectivity index (χ2v) is 22.4. The minimum absolute atomic E-state index is 0.101. The fraction of sp³-hybridized carbons (Fsp3) is 0.318. The molecule has 0 unspecified atom stereocenters. The van der Waals surface area contributed by atoms with Gasteiger partial charge in [0, 0.05) is 86.0 Å². The summed E-state index contributed by atoms with van der Waals surface area (Å²) < 4.78 is 60.7. The molecule has 2 aromatic heterocycles. The number of aryl methyl sites for hydroxylation is 3. The van der Waals surface area contributed by atoms with Crippen LogP contribution in [0, 0.1) is 20.8 Å². The number of hydrogen-bond donors (Lipinski definition) is 0. The fourth-order valence-electron chi connectivity index (χ4n) is 7.24. The third-order valence-electron chi connectivity index (χ3n) is 10.7. The second-order valence-electron chi connectivity index (χ2n) is 15.3. The van der Waals surface area contributed by atoms with Crippen molar-refractivity contribution in [3.05, 3.63) is 143 Å². The maximum atomic E-state index is 13.1. The number of benzene rings is 4. The van der Waals surface area contributed by atoms with E-state index in [2.05, 4.69) is 52.4 Å². The number of halogens is 4. The van der Waals surface area contributed by atoms with E-state index in [0.29, 0.717) is 73.5 Å². The average molecular weight is 1010 g/mol. The summed E-state index contributed by atoms with van der Waals surface area (Å²) in [7, 11) is -5.72. The van der Waals surface area contributed by atoms with Gasteiger partial charge in [-0.05, 0) is 79.4 Å². The number of thiazole rings is 2. The van der Waals surface area contributed by atoms with Crippen molar-refractivity contribution in [1.29, 1.82) is 0 Å². The van der Waals surface area contributed by atoms with E-state index in [1.807, 2.05) is 23.6 Å². The van der Waals surface area contributed by atoms with Crippen molar-refractivity contribution in [3.8, 4) is 5.75 Å². The summed E-state index contributed by atoms with van der Waals surface area (Å²) in [6.45, 7) is 9.42. The molecule has 19 heteroatoms. The van der Waals surface area contributed by atoms with Crippen LogP contribution in [0.3, 0.4) is 0 Å². The monoisotopic (exact) mass is 1010 g/mol. The molecule has 63 heavy (non-hydrogen) atoms. The Morgan fingerprint density at radius 1 is 0.571 bits per heavy atom. The molecule has 11 nitrogen and oxygen atoms in total. The first kappa shape index (κ1) is 47.5. The molecule has 6 aromatic rings. The van der Waals surface area contributed by atoms with Crippen molar-refractivity contribution in [3.63, 3.8) is 0 Å². The predicted molar refractivity (Wildman–Crippen MR) is 258 cm³/mol. The van der Waals surface area contributed by atoms with Gasteiger partial charge in [-0.15, -0.1) is 22.7 Å². The molecule has 4 aromatic carbocycles. The molecule has 4 heterocycles. The number of piperazine rings is 2. The molecule has 334 valence electrons. The summed E-state index contributed by atoms with van der Waals surface area (Å²) >= 11 is 27.7. The van der Waals surface area contributed by atoms with E-state index in [1.165, 1.54) is 37.9 Å². The molecule has 2 aliphatic rings. The Bertz CT molecular complexity index is 2810. The van der Waals surface area contributed by atoms with Crippen LogP contribution in [-0.4, -0.2) is 94.9 Å². The minimum atomic E-state index is -3.69. The van der Waals surface area contributed by atoms with E-state index in [4.69, 9.17) is 61.1 Å². The number of hydrogen-bond acceptors (Lipinski definition) is 11. The number of sulfonamides is 2. The summed E-state index contributed by atoms with van der Waals surface area (Å²) in [5.41, 5.74) is 6.99. The number of rotatable bonds is 11. The average Bonchev–Trinajstić information content (AvgIpc) is 3.94. The molecule has 0 radical (unpaired) electrons. The van der Waals surface area contributed by atoms with Crippen LogP contribution in [0.4, 0.5) is 10.3 Å². The molecule has 0 N–H and O–H groups in total. The van der Waals surface area contributed by atoms with E-state index >= 15 is 0 Å².